The lowest BCUT2D eigenvalue weighted by molar-refractivity contribution is 0.300. The molecule has 0 radical (unpaired) electrons. The largest absolute Gasteiger partial charge is 0.356 e. The van der Waals surface area contributed by atoms with Crippen molar-refractivity contribution < 1.29 is 0 Å². The lowest BCUT2D eigenvalue weighted by Gasteiger charge is -2.26. The number of rotatable bonds is 10. The second-order valence-corrected chi connectivity index (χ2v) is 4.98. The van der Waals surface area contributed by atoms with E-state index in [1.54, 1.807) is 6.33 Å². The molecule has 1 aromatic heterocycles. The molecule has 0 saturated heterocycles. The molecular formula is C15H30N6. The molecule has 0 amide bonds. The van der Waals surface area contributed by atoms with Gasteiger partial charge in [0.2, 0.25) is 0 Å². The van der Waals surface area contributed by atoms with Gasteiger partial charge in [0.05, 0.1) is 0 Å². The molecule has 6 heteroatoms. The van der Waals surface area contributed by atoms with Gasteiger partial charge in [-0.3, -0.25) is 0 Å². The van der Waals surface area contributed by atoms with Gasteiger partial charge in [-0.25, -0.2) is 15.8 Å². The summed E-state index contributed by atoms with van der Waals surface area (Å²) < 4.78 is 0. The topological polar surface area (TPSA) is 70.3 Å². The van der Waals surface area contributed by atoms with Gasteiger partial charge in [0.15, 0.2) is 0 Å². The van der Waals surface area contributed by atoms with Crippen LogP contribution in [0.25, 0.3) is 0 Å². The average Bonchev–Trinajstić information content (AvgIpc) is 2.54. The van der Waals surface area contributed by atoms with E-state index in [1.165, 1.54) is 0 Å². The Balaban J connectivity index is 2.76. The summed E-state index contributed by atoms with van der Waals surface area (Å²) in [5.74, 6) is 7.28. The van der Waals surface area contributed by atoms with Crippen molar-refractivity contribution in [3.8, 4) is 0 Å². The summed E-state index contributed by atoms with van der Waals surface area (Å²) in [6.07, 6.45) is 3.58. The summed E-state index contributed by atoms with van der Waals surface area (Å²) in [5, 5.41) is 0. The molecule has 0 aliphatic rings. The SMILES string of the molecule is CCc1c(NN)ncnc1N(CC)CCCN(CC)CC. The molecule has 0 fully saturated rings. The molecule has 0 bridgehead atoms. The highest BCUT2D eigenvalue weighted by Crippen LogP contribution is 2.23. The van der Waals surface area contributed by atoms with E-state index in [1.807, 2.05) is 0 Å². The van der Waals surface area contributed by atoms with Crippen molar-refractivity contribution in [2.75, 3.05) is 43.0 Å². The van der Waals surface area contributed by atoms with E-state index >= 15 is 0 Å². The van der Waals surface area contributed by atoms with E-state index in [9.17, 15) is 0 Å². The van der Waals surface area contributed by atoms with Crippen molar-refractivity contribution in [1.29, 1.82) is 0 Å². The van der Waals surface area contributed by atoms with Crippen molar-refractivity contribution in [2.45, 2.75) is 40.5 Å². The van der Waals surface area contributed by atoms with Gasteiger partial charge < -0.3 is 15.2 Å². The Morgan fingerprint density at radius 3 is 2.29 bits per heavy atom. The summed E-state index contributed by atoms with van der Waals surface area (Å²) in [4.78, 5) is 13.4. The maximum absolute atomic E-state index is 5.55. The third-order valence-corrected chi connectivity index (χ3v) is 3.89. The van der Waals surface area contributed by atoms with Crippen LogP contribution >= 0.6 is 0 Å². The minimum absolute atomic E-state index is 0.727. The van der Waals surface area contributed by atoms with Crippen LogP contribution in [0.15, 0.2) is 6.33 Å². The molecule has 1 aromatic rings. The summed E-state index contributed by atoms with van der Waals surface area (Å²) >= 11 is 0. The molecule has 6 nitrogen and oxygen atoms in total. The van der Waals surface area contributed by atoms with Crippen LogP contribution in [-0.4, -0.2) is 47.6 Å². The van der Waals surface area contributed by atoms with Crippen molar-refractivity contribution in [3.05, 3.63) is 11.9 Å². The minimum Gasteiger partial charge on any atom is -0.356 e. The number of anilines is 2. The molecule has 0 aromatic carbocycles. The Hall–Kier alpha value is -1.40. The summed E-state index contributed by atoms with van der Waals surface area (Å²) in [7, 11) is 0. The smallest absolute Gasteiger partial charge is 0.148 e. The van der Waals surface area contributed by atoms with Crippen molar-refractivity contribution >= 4 is 11.6 Å². The molecule has 0 saturated carbocycles. The predicted octanol–water partition coefficient (Wildman–Crippen LogP) is 1.88. The first-order valence-electron chi connectivity index (χ1n) is 7.99. The van der Waals surface area contributed by atoms with Crippen molar-refractivity contribution in [3.63, 3.8) is 0 Å². The van der Waals surface area contributed by atoms with E-state index < -0.39 is 0 Å². The minimum atomic E-state index is 0.727. The van der Waals surface area contributed by atoms with E-state index in [-0.39, 0.29) is 0 Å². The second kappa shape index (κ2) is 9.52. The summed E-state index contributed by atoms with van der Waals surface area (Å²) in [6.45, 7) is 14.0. The van der Waals surface area contributed by atoms with Gasteiger partial charge in [-0.1, -0.05) is 20.8 Å². The third-order valence-electron chi connectivity index (χ3n) is 3.89. The van der Waals surface area contributed by atoms with E-state index in [0.717, 1.165) is 62.8 Å². The van der Waals surface area contributed by atoms with Gasteiger partial charge in [-0.05, 0) is 39.4 Å². The van der Waals surface area contributed by atoms with Gasteiger partial charge in [-0.15, -0.1) is 0 Å². The highest BCUT2D eigenvalue weighted by molar-refractivity contribution is 5.58. The normalized spacial score (nSPS) is 11.0. The van der Waals surface area contributed by atoms with Crippen LogP contribution in [0.5, 0.6) is 0 Å². The zero-order chi connectivity index (χ0) is 15.7. The second-order valence-electron chi connectivity index (χ2n) is 4.98. The van der Waals surface area contributed by atoms with Gasteiger partial charge >= 0.3 is 0 Å². The van der Waals surface area contributed by atoms with E-state index in [4.69, 9.17) is 5.84 Å². The fraction of sp³-hybridized carbons (Fsp3) is 0.733. The van der Waals surface area contributed by atoms with Crippen LogP contribution in [0.4, 0.5) is 11.6 Å². The van der Waals surface area contributed by atoms with Gasteiger partial charge in [0, 0.05) is 18.7 Å². The first-order valence-corrected chi connectivity index (χ1v) is 7.99. The zero-order valence-corrected chi connectivity index (χ0v) is 13.9. The van der Waals surface area contributed by atoms with E-state index in [2.05, 4.69) is 52.9 Å². The van der Waals surface area contributed by atoms with Crippen LogP contribution in [0.2, 0.25) is 0 Å². The Bertz CT molecular complexity index is 405. The fourth-order valence-electron chi connectivity index (χ4n) is 2.56. The molecule has 1 rings (SSSR count). The van der Waals surface area contributed by atoms with Crippen LogP contribution in [0, 0.1) is 0 Å². The number of aromatic nitrogens is 2. The molecule has 3 N–H and O–H groups in total. The van der Waals surface area contributed by atoms with Gasteiger partial charge in [-0.2, -0.15) is 0 Å². The Morgan fingerprint density at radius 1 is 1.05 bits per heavy atom. The average molecular weight is 294 g/mol. The maximum atomic E-state index is 5.55. The van der Waals surface area contributed by atoms with Gasteiger partial charge in [0.25, 0.3) is 0 Å². The molecule has 21 heavy (non-hydrogen) atoms. The molecule has 1 heterocycles. The number of nitrogen functional groups attached to an aromatic ring is 1. The maximum Gasteiger partial charge on any atom is 0.148 e. The number of nitrogens with two attached hydrogens (primary N) is 1. The first-order chi connectivity index (χ1) is 10.2. The molecule has 120 valence electrons. The number of hydrogen-bond donors (Lipinski definition) is 2. The highest BCUT2D eigenvalue weighted by atomic mass is 15.3. The number of nitrogens with one attached hydrogen (secondary N) is 1. The number of hydrazine groups is 1. The quantitative estimate of drug-likeness (QED) is 0.507. The highest BCUT2D eigenvalue weighted by Gasteiger charge is 2.14. The molecule has 0 aliphatic heterocycles. The van der Waals surface area contributed by atoms with Crippen molar-refractivity contribution in [1.82, 2.24) is 14.9 Å². The van der Waals surface area contributed by atoms with Crippen LogP contribution in [0.3, 0.4) is 0 Å². The molecule has 0 unspecified atom stereocenters. The van der Waals surface area contributed by atoms with Crippen LogP contribution in [0.1, 0.15) is 39.7 Å². The summed E-state index contributed by atoms with van der Waals surface area (Å²) in [6, 6.07) is 0. The standard InChI is InChI=1S/C15H30N6/c1-5-13-14(19-16)17-12-18-15(13)21(8-4)11-9-10-20(6-2)7-3/h12H,5-11,16H2,1-4H3,(H,17,18,19). The number of hydrogen-bond acceptors (Lipinski definition) is 6. The lowest BCUT2D eigenvalue weighted by atomic mass is 10.2. The first kappa shape index (κ1) is 17.7. The third kappa shape index (κ3) is 4.82. The van der Waals surface area contributed by atoms with Crippen LogP contribution in [-0.2, 0) is 6.42 Å². The van der Waals surface area contributed by atoms with Crippen LogP contribution < -0.4 is 16.2 Å². The Kier molecular flexibility index (Phi) is 8.00. The predicted molar refractivity (Wildman–Crippen MR) is 89.5 cm³/mol. The zero-order valence-electron chi connectivity index (χ0n) is 13.9. The molecule has 0 aliphatic carbocycles. The molecule has 0 spiro atoms. The summed E-state index contributed by atoms with van der Waals surface area (Å²) in [5.41, 5.74) is 3.76. The Morgan fingerprint density at radius 2 is 1.76 bits per heavy atom. The Labute approximate surface area is 128 Å². The van der Waals surface area contributed by atoms with Gasteiger partial charge in [0.1, 0.15) is 18.0 Å². The lowest BCUT2D eigenvalue weighted by Crippen LogP contribution is -2.31. The molecule has 0 atom stereocenters. The number of nitrogens with zero attached hydrogens (tertiary/aromatic N) is 4. The fourth-order valence-corrected chi connectivity index (χ4v) is 2.56. The molecular weight excluding hydrogens is 264 g/mol. The van der Waals surface area contributed by atoms with E-state index in [0.29, 0.717) is 0 Å². The van der Waals surface area contributed by atoms with Crippen molar-refractivity contribution in [2.24, 2.45) is 5.84 Å². The monoisotopic (exact) mass is 294 g/mol.